The second-order valence-corrected chi connectivity index (χ2v) is 12.5. The zero-order valence-corrected chi connectivity index (χ0v) is 23.5. The van der Waals surface area contributed by atoms with Gasteiger partial charge >= 0.3 is 5.97 Å². The van der Waals surface area contributed by atoms with Crippen LogP contribution in [0.4, 0.5) is 11.4 Å². The van der Waals surface area contributed by atoms with Crippen LogP contribution in [0.25, 0.3) is 0 Å². The SMILES string of the molecule is CCCCC1CN(c2ccccc2)c2cc(SC)c(O/C=C/C(=O)OC(C)(C)C)cc2S(=O)(=O)N1C. The quantitative estimate of drug-likeness (QED) is 0.179. The Morgan fingerprint density at radius 2 is 1.89 bits per heavy atom. The number of para-hydroxylation sites is 1. The third kappa shape index (κ3) is 6.63. The van der Waals surface area contributed by atoms with Gasteiger partial charge in [0.25, 0.3) is 0 Å². The topological polar surface area (TPSA) is 76.1 Å². The summed E-state index contributed by atoms with van der Waals surface area (Å²) < 4.78 is 40.2. The van der Waals surface area contributed by atoms with Crippen molar-refractivity contribution in [3.05, 3.63) is 54.8 Å². The van der Waals surface area contributed by atoms with Crippen LogP contribution in [0, 0.1) is 0 Å². The molecule has 1 aliphatic heterocycles. The fourth-order valence-corrected chi connectivity index (χ4v) is 6.14. The van der Waals surface area contributed by atoms with Crippen LogP contribution in [0.2, 0.25) is 0 Å². The molecule has 0 aromatic heterocycles. The largest absolute Gasteiger partial charge is 0.464 e. The molecule has 0 N–H and O–H groups in total. The van der Waals surface area contributed by atoms with Gasteiger partial charge in [-0.2, -0.15) is 4.31 Å². The summed E-state index contributed by atoms with van der Waals surface area (Å²) in [6.45, 7) is 8.00. The Hall–Kier alpha value is -2.49. The summed E-state index contributed by atoms with van der Waals surface area (Å²) in [7, 11) is -2.15. The van der Waals surface area contributed by atoms with Crippen molar-refractivity contribution < 1.29 is 22.7 Å². The number of hydrogen-bond acceptors (Lipinski definition) is 7. The molecule has 1 atom stereocenters. The normalized spacial score (nSPS) is 18.1. The second-order valence-electron chi connectivity index (χ2n) is 9.69. The van der Waals surface area contributed by atoms with E-state index in [1.807, 2.05) is 42.7 Å². The number of likely N-dealkylation sites (N-methyl/N-ethyl adjacent to an activating group) is 1. The number of benzene rings is 2. The molecule has 2 aromatic carbocycles. The van der Waals surface area contributed by atoms with E-state index in [-0.39, 0.29) is 10.9 Å². The number of nitrogens with zero attached hydrogens (tertiary/aromatic N) is 2. The lowest BCUT2D eigenvalue weighted by atomic mass is 10.1. The Kier molecular flexibility index (Phi) is 9.13. The second kappa shape index (κ2) is 11.7. The summed E-state index contributed by atoms with van der Waals surface area (Å²) in [5.74, 6) is -0.178. The average molecular weight is 533 g/mol. The number of hydrogen-bond donors (Lipinski definition) is 0. The van der Waals surface area contributed by atoms with Crippen molar-refractivity contribution in [2.75, 3.05) is 24.7 Å². The van der Waals surface area contributed by atoms with Gasteiger partial charge in [-0.15, -0.1) is 11.8 Å². The molecule has 3 rings (SSSR count). The molecule has 9 heteroatoms. The first-order valence-corrected chi connectivity index (χ1v) is 14.7. The maximum absolute atomic E-state index is 13.8. The molecule has 0 spiro atoms. The first-order chi connectivity index (χ1) is 17.0. The summed E-state index contributed by atoms with van der Waals surface area (Å²) in [6, 6.07) is 13.1. The van der Waals surface area contributed by atoms with E-state index in [1.165, 1.54) is 28.4 Å². The van der Waals surface area contributed by atoms with Crippen molar-refractivity contribution in [2.45, 2.75) is 68.4 Å². The van der Waals surface area contributed by atoms with Gasteiger partial charge in [0.1, 0.15) is 16.2 Å². The third-order valence-corrected chi connectivity index (χ3v) is 8.56. The van der Waals surface area contributed by atoms with Crippen LogP contribution in [0.1, 0.15) is 47.0 Å². The highest BCUT2D eigenvalue weighted by atomic mass is 32.2. The van der Waals surface area contributed by atoms with Gasteiger partial charge in [0.2, 0.25) is 10.0 Å². The molecule has 36 heavy (non-hydrogen) atoms. The summed E-state index contributed by atoms with van der Waals surface area (Å²) >= 11 is 1.45. The molecule has 1 unspecified atom stereocenters. The van der Waals surface area contributed by atoms with E-state index < -0.39 is 21.6 Å². The molecule has 196 valence electrons. The molecule has 0 saturated heterocycles. The number of carbonyl (C=O) groups excluding carboxylic acids is 1. The minimum Gasteiger partial charge on any atom is -0.464 e. The molecular formula is C27H36N2O5S2. The minimum absolute atomic E-state index is 0.173. The molecule has 0 fully saturated rings. The highest BCUT2D eigenvalue weighted by Gasteiger charge is 2.37. The van der Waals surface area contributed by atoms with Crippen molar-refractivity contribution in [1.29, 1.82) is 0 Å². The average Bonchev–Trinajstić information content (AvgIpc) is 2.90. The van der Waals surface area contributed by atoms with Crippen LogP contribution < -0.4 is 9.64 Å². The summed E-state index contributed by atoms with van der Waals surface area (Å²) in [4.78, 5) is 15.1. The van der Waals surface area contributed by atoms with E-state index in [0.29, 0.717) is 18.0 Å². The molecule has 7 nitrogen and oxygen atoms in total. The number of fused-ring (bicyclic) bond motifs is 1. The number of esters is 1. The van der Waals surface area contributed by atoms with E-state index in [9.17, 15) is 13.2 Å². The first-order valence-electron chi connectivity index (χ1n) is 12.1. The molecular weight excluding hydrogens is 496 g/mol. The van der Waals surface area contributed by atoms with Crippen LogP contribution in [0.5, 0.6) is 5.75 Å². The van der Waals surface area contributed by atoms with Crippen LogP contribution in [0.3, 0.4) is 0 Å². The number of rotatable bonds is 8. The van der Waals surface area contributed by atoms with Crippen molar-refractivity contribution in [1.82, 2.24) is 4.31 Å². The van der Waals surface area contributed by atoms with Crippen molar-refractivity contribution in [3.8, 4) is 5.75 Å². The maximum atomic E-state index is 13.8. The fraction of sp³-hybridized carbons (Fsp3) is 0.444. The Bertz CT molecular complexity index is 1190. The lowest BCUT2D eigenvalue weighted by Crippen LogP contribution is -2.40. The van der Waals surface area contributed by atoms with E-state index >= 15 is 0 Å². The summed E-state index contributed by atoms with van der Waals surface area (Å²) in [5, 5.41) is 0. The molecule has 0 radical (unpaired) electrons. The summed E-state index contributed by atoms with van der Waals surface area (Å²) in [5.41, 5.74) is 0.917. The van der Waals surface area contributed by atoms with Crippen LogP contribution >= 0.6 is 11.8 Å². The van der Waals surface area contributed by atoms with Crippen molar-refractivity contribution in [2.24, 2.45) is 0 Å². The van der Waals surface area contributed by atoms with Crippen molar-refractivity contribution >= 4 is 39.1 Å². The number of ether oxygens (including phenoxy) is 2. The highest BCUT2D eigenvalue weighted by molar-refractivity contribution is 7.98. The zero-order valence-electron chi connectivity index (χ0n) is 21.9. The van der Waals surface area contributed by atoms with E-state index in [4.69, 9.17) is 9.47 Å². The Balaban J connectivity index is 2.08. The van der Waals surface area contributed by atoms with Gasteiger partial charge in [0.05, 0.1) is 22.9 Å². The molecule has 1 aliphatic rings. The smallest absolute Gasteiger partial charge is 0.334 e. The van der Waals surface area contributed by atoms with Gasteiger partial charge in [-0.3, -0.25) is 0 Å². The Labute approximate surface area is 219 Å². The molecule has 0 saturated carbocycles. The maximum Gasteiger partial charge on any atom is 0.334 e. The Morgan fingerprint density at radius 3 is 2.50 bits per heavy atom. The fourth-order valence-electron chi connectivity index (χ4n) is 4.04. The molecule has 1 heterocycles. The number of sulfonamides is 1. The molecule has 2 aromatic rings. The standard InChI is InChI=1S/C27H36N2O5S2/c1-7-8-12-21-19-29(20-13-10-9-11-14-20)22-17-24(35-6)23(18-25(22)36(31,32)28(21)5)33-16-15-26(30)34-27(2,3)4/h9-11,13-18,21H,7-8,12,19H2,1-6H3/b16-15+. The molecule has 0 aliphatic carbocycles. The Morgan fingerprint density at radius 1 is 1.19 bits per heavy atom. The lowest BCUT2D eigenvalue weighted by Gasteiger charge is -2.29. The summed E-state index contributed by atoms with van der Waals surface area (Å²) in [6.07, 6.45) is 7.02. The molecule has 0 bridgehead atoms. The van der Waals surface area contributed by atoms with Gasteiger partial charge in [-0.25, -0.2) is 13.2 Å². The number of carbonyl (C=O) groups is 1. The van der Waals surface area contributed by atoms with Gasteiger partial charge in [-0.05, 0) is 51.6 Å². The van der Waals surface area contributed by atoms with Crippen molar-refractivity contribution in [3.63, 3.8) is 0 Å². The van der Waals surface area contributed by atoms with Gasteiger partial charge in [0.15, 0.2) is 0 Å². The highest BCUT2D eigenvalue weighted by Crippen LogP contribution is 2.43. The lowest BCUT2D eigenvalue weighted by molar-refractivity contribution is -0.148. The minimum atomic E-state index is -3.80. The van der Waals surface area contributed by atoms with Gasteiger partial charge < -0.3 is 14.4 Å². The first kappa shape index (κ1) is 28.1. The van der Waals surface area contributed by atoms with Crippen LogP contribution in [-0.4, -0.2) is 50.2 Å². The predicted molar refractivity (Wildman–Crippen MR) is 146 cm³/mol. The predicted octanol–water partition coefficient (Wildman–Crippen LogP) is 5.97. The van der Waals surface area contributed by atoms with E-state index in [2.05, 4.69) is 11.8 Å². The zero-order chi connectivity index (χ0) is 26.5. The monoisotopic (exact) mass is 532 g/mol. The van der Waals surface area contributed by atoms with E-state index in [0.717, 1.165) is 29.8 Å². The van der Waals surface area contributed by atoms with E-state index in [1.54, 1.807) is 33.9 Å². The molecule has 0 amide bonds. The van der Waals surface area contributed by atoms with Crippen LogP contribution in [-0.2, 0) is 19.6 Å². The number of anilines is 2. The van der Waals surface area contributed by atoms with Crippen LogP contribution in [0.15, 0.2) is 64.6 Å². The van der Waals surface area contributed by atoms with Gasteiger partial charge in [0, 0.05) is 31.4 Å². The number of thioether (sulfide) groups is 1. The number of unbranched alkanes of at least 4 members (excludes halogenated alkanes) is 1. The third-order valence-electron chi connectivity index (χ3n) is 5.87. The van der Waals surface area contributed by atoms with Gasteiger partial charge in [-0.1, -0.05) is 38.0 Å².